The van der Waals surface area contributed by atoms with Crippen LogP contribution in [0.4, 0.5) is 0 Å². The molecule has 0 radical (unpaired) electrons. The molecule has 0 fully saturated rings. The molecule has 0 spiro atoms. The molecule has 0 saturated heterocycles. The van der Waals surface area contributed by atoms with Gasteiger partial charge in [-0.25, -0.2) is 4.79 Å². The van der Waals surface area contributed by atoms with Crippen LogP contribution in [-0.2, 0) is 16.1 Å². The van der Waals surface area contributed by atoms with Gasteiger partial charge in [0, 0.05) is 6.08 Å². The van der Waals surface area contributed by atoms with Crippen LogP contribution in [0.15, 0.2) is 43.0 Å². The van der Waals surface area contributed by atoms with E-state index >= 15 is 0 Å². The molecule has 1 aromatic rings. The summed E-state index contributed by atoms with van der Waals surface area (Å²) in [4.78, 5) is 14.1. The van der Waals surface area contributed by atoms with Crippen LogP contribution >= 0.6 is 0 Å². The molecule has 15 heavy (non-hydrogen) atoms. The van der Waals surface area contributed by atoms with Crippen LogP contribution in [0.25, 0.3) is 6.08 Å². The van der Waals surface area contributed by atoms with Crippen LogP contribution in [0.5, 0.6) is 0 Å². The molecular weight excluding hydrogens is 192 g/mol. The van der Waals surface area contributed by atoms with E-state index in [4.69, 9.17) is 5.26 Å². The zero-order valence-electron chi connectivity index (χ0n) is 8.22. The lowest BCUT2D eigenvalue weighted by Gasteiger charge is -1.97. The standard InChI is InChI=1S/C12H12O3/c1-2-3-10-4-6-11(7-5-10)8-9-12(13)15-14/h2,4-9,14H,1,3H2. The summed E-state index contributed by atoms with van der Waals surface area (Å²) in [6.45, 7) is 3.65. The van der Waals surface area contributed by atoms with Crippen molar-refractivity contribution in [3.63, 3.8) is 0 Å². The van der Waals surface area contributed by atoms with Crippen molar-refractivity contribution in [1.82, 2.24) is 0 Å². The maximum Gasteiger partial charge on any atom is 0.365 e. The fraction of sp³-hybridized carbons (Fsp3) is 0.0833. The van der Waals surface area contributed by atoms with Gasteiger partial charge in [-0.15, -0.1) is 6.58 Å². The van der Waals surface area contributed by atoms with E-state index in [0.717, 1.165) is 23.6 Å². The Labute approximate surface area is 88.2 Å². The Morgan fingerprint density at radius 3 is 2.60 bits per heavy atom. The van der Waals surface area contributed by atoms with Crippen LogP contribution in [0.2, 0.25) is 0 Å². The van der Waals surface area contributed by atoms with Gasteiger partial charge in [0.05, 0.1) is 0 Å². The van der Waals surface area contributed by atoms with Crippen LogP contribution < -0.4 is 0 Å². The van der Waals surface area contributed by atoms with E-state index in [9.17, 15) is 4.79 Å². The topological polar surface area (TPSA) is 46.5 Å². The predicted octanol–water partition coefficient (Wildman–Crippen LogP) is 2.44. The highest BCUT2D eigenvalue weighted by molar-refractivity contribution is 5.86. The van der Waals surface area contributed by atoms with E-state index in [2.05, 4.69) is 11.5 Å². The second-order valence-corrected chi connectivity index (χ2v) is 2.98. The molecule has 0 aliphatic carbocycles. The average Bonchev–Trinajstić information content (AvgIpc) is 2.28. The number of rotatable bonds is 4. The summed E-state index contributed by atoms with van der Waals surface area (Å²) >= 11 is 0. The summed E-state index contributed by atoms with van der Waals surface area (Å²) in [5.74, 6) is -0.787. The van der Waals surface area contributed by atoms with Gasteiger partial charge in [-0.2, -0.15) is 5.26 Å². The summed E-state index contributed by atoms with van der Waals surface area (Å²) in [6, 6.07) is 7.65. The third-order valence-electron chi connectivity index (χ3n) is 1.86. The molecule has 0 heterocycles. The van der Waals surface area contributed by atoms with Gasteiger partial charge in [0.1, 0.15) is 0 Å². The highest BCUT2D eigenvalue weighted by Crippen LogP contribution is 2.07. The van der Waals surface area contributed by atoms with Crippen LogP contribution in [0.3, 0.4) is 0 Å². The first-order valence-electron chi connectivity index (χ1n) is 4.49. The molecule has 1 aromatic carbocycles. The minimum atomic E-state index is -0.787. The third-order valence-corrected chi connectivity index (χ3v) is 1.86. The normalized spacial score (nSPS) is 10.2. The molecule has 0 aromatic heterocycles. The maximum atomic E-state index is 10.6. The lowest BCUT2D eigenvalue weighted by molar-refractivity contribution is -0.227. The Morgan fingerprint density at radius 1 is 1.40 bits per heavy atom. The molecule has 0 bridgehead atoms. The van der Waals surface area contributed by atoms with Gasteiger partial charge in [-0.05, 0) is 23.6 Å². The first kappa shape index (κ1) is 11.2. The van der Waals surface area contributed by atoms with Crippen molar-refractivity contribution in [3.05, 3.63) is 54.1 Å². The first-order valence-corrected chi connectivity index (χ1v) is 4.49. The van der Waals surface area contributed by atoms with Crippen molar-refractivity contribution in [2.75, 3.05) is 0 Å². The molecule has 1 rings (SSSR count). The number of carbonyl (C=O) groups excluding carboxylic acids is 1. The Kier molecular flexibility index (Phi) is 4.31. The molecule has 1 N–H and O–H groups in total. The van der Waals surface area contributed by atoms with Crippen molar-refractivity contribution in [1.29, 1.82) is 0 Å². The monoisotopic (exact) mass is 204 g/mol. The minimum Gasteiger partial charge on any atom is -0.296 e. The van der Waals surface area contributed by atoms with Gasteiger partial charge in [-0.1, -0.05) is 30.3 Å². The Balaban J connectivity index is 2.67. The summed E-state index contributed by atoms with van der Waals surface area (Å²) < 4.78 is 0. The number of allylic oxidation sites excluding steroid dienone is 1. The number of hydrogen-bond acceptors (Lipinski definition) is 3. The fourth-order valence-corrected chi connectivity index (χ4v) is 1.13. The summed E-state index contributed by atoms with van der Waals surface area (Å²) in [5, 5.41) is 8.02. The van der Waals surface area contributed by atoms with Crippen molar-refractivity contribution < 1.29 is 14.9 Å². The van der Waals surface area contributed by atoms with Gasteiger partial charge in [0.25, 0.3) is 0 Å². The quantitative estimate of drug-likeness (QED) is 0.354. The van der Waals surface area contributed by atoms with E-state index in [0.29, 0.717) is 0 Å². The maximum absolute atomic E-state index is 10.6. The van der Waals surface area contributed by atoms with Crippen molar-refractivity contribution in [2.24, 2.45) is 0 Å². The molecular formula is C12H12O3. The summed E-state index contributed by atoms with van der Waals surface area (Å²) in [6.07, 6.45) is 5.37. The van der Waals surface area contributed by atoms with E-state index in [1.54, 1.807) is 6.08 Å². The van der Waals surface area contributed by atoms with Gasteiger partial charge in [-0.3, -0.25) is 4.89 Å². The first-order chi connectivity index (χ1) is 7.26. The van der Waals surface area contributed by atoms with Gasteiger partial charge >= 0.3 is 5.97 Å². The van der Waals surface area contributed by atoms with E-state index in [-0.39, 0.29) is 0 Å². The Morgan fingerprint density at radius 2 is 2.07 bits per heavy atom. The van der Waals surface area contributed by atoms with Crippen LogP contribution in [0, 0.1) is 0 Å². The molecule has 0 saturated carbocycles. The Bertz CT molecular complexity index is 363. The van der Waals surface area contributed by atoms with Crippen molar-refractivity contribution >= 4 is 12.0 Å². The largest absolute Gasteiger partial charge is 0.365 e. The lowest BCUT2D eigenvalue weighted by Crippen LogP contribution is -1.93. The molecule has 0 amide bonds. The number of carbonyl (C=O) groups is 1. The van der Waals surface area contributed by atoms with Gasteiger partial charge < -0.3 is 0 Å². The Hall–Kier alpha value is -1.87. The second-order valence-electron chi connectivity index (χ2n) is 2.98. The fourth-order valence-electron chi connectivity index (χ4n) is 1.13. The average molecular weight is 204 g/mol. The SMILES string of the molecule is C=CCc1ccc(C=CC(=O)OO)cc1. The summed E-state index contributed by atoms with van der Waals surface area (Å²) in [7, 11) is 0. The highest BCUT2D eigenvalue weighted by atomic mass is 17.1. The zero-order valence-corrected chi connectivity index (χ0v) is 8.22. The van der Waals surface area contributed by atoms with E-state index < -0.39 is 5.97 Å². The predicted molar refractivity (Wildman–Crippen MR) is 58.1 cm³/mol. The smallest absolute Gasteiger partial charge is 0.296 e. The molecule has 78 valence electrons. The second kappa shape index (κ2) is 5.78. The van der Waals surface area contributed by atoms with E-state index in [1.807, 2.05) is 30.3 Å². The van der Waals surface area contributed by atoms with Gasteiger partial charge in [0.15, 0.2) is 0 Å². The van der Waals surface area contributed by atoms with Crippen LogP contribution in [0.1, 0.15) is 11.1 Å². The summed E-state index contributed by atoms with van der Waals surface area (Å²) in [5.41, 5.74) is 2.03. The molecule has 0 aliphatic rings. The zero-order chi connectivity index (χ0) is 11.1. The number of benzene rings is 1. The van der Waals surface area contributed by atoms with Crippen molar-refractivity contribution in [2.45, 2.75) is 6.42 Å². The molecule has 0 unspecified atom stereocenters. The minimum absolute atomic E-state index is 0.787. The highest BCUT2D eigenvalue weighted by Gasteiger charge is 1.94. The third kappa shape index (κ3) is 3.79. The molecule has 3 heteroatoms. The van der Waals surface area contributed by atoms with Gasteiger partial charge in [0.2, 0.25) is 0 Å². The molecule has 0 atom stereocenters. The molecule has 0 aliphatic heterocycles. The molecule has 3 nitrogen and oxygen atoms in total. The van der Waals surface area contributed by atoms with E-state index in [1.165, 1.54) is 0 Å². The van der Waals surface area contributed by atoms with Crippen LogP contribution in [-0.4, -0.2) is 11.2 Å². The lowest BCUT2D eigenvalue weighted by atomic mass is 10.1. The van der Waals surface area contributed by atoms with Crippen molar-refractivity contribution in [3.8, 4) is 0 Å². The number of hydrogen-bond donors (Lipinski definition) is 1.